The summed E-state index contributed by atoms with van der Waals surface area (Å²) in [5, 5.41) is 0. The highest BCUT2D eigenvalue weighted by atomic mass is 32.2. The first-order valence-electron chi connectivity index (χ1n) is 7.68. The Morgan fingerprint density at radius 1 is 1.29 bits per heavy atom. The van der Waals surface area contributed by atoms with E-state index in [9.17, 15) is 8.42 Å². The molecule has 1 aromatic carbocycles. The molecule has 0 aliphatic carbocycles. The Bertz CT molecular complexity index is 547. The lowest BCUT2D eigenvalue weighted by molar-refractivity contribution is 0.0902. The maximum absolute atomic E-state index is 12.4. The van der Waals surface area contributed by atoms with E-state index in [1.54, 1.807) is 12.1 Å². The fourth-order valence-electron chi connectivity index (χ4n) is 2.60. The summed E-state index contributed by atoms with van der Waals surface area (Å²) in [6.07, 6.45) is 2.94. The smallest absolute Gasteiger partial charge is 0.240 e. The number of sulfonamides is 1. The van der Waals surface area contributed by atoms with Gasteiger partial charge in [0, 0.05) is 12.6 Å². The second-order valence-electron chi connectivity index (χ2n) is 5.84. The van der Waals surface area contributed by atoms with Gasteiger partial charge in [0.25, 0.3) is 0 Å². The number of hydrogen-bond donors (Lipinski definition) is 1. The summed E-state index contributed by atoms with van der Waals surface area (Å²) in [6, 6.07) is 6.98. The summed E-state index contributed by atoms with van der Waals surface area (Å²) in [7, 11) is -3.48. The van der Waals surface area contributed by atoms with E-state index in [1.165, 1.54) is 5.56 Å². The molecule has 1 saturated heterocycles. The molecule has 3 unspecified atom stereocenters. The second kappa shape index (κ2) is 6.90. The highest BCUT2D eigenvalue weighted by Gasteiger charge is 2.26. The van der Waals surface area contributed by atoms with Crippen LogP contribution in [0.3, 0.4) is 0 Å². The minimum Gasteiger partial charge on any atom is -0.377 e. The molecule has 3 atom stereocenters. The molecular formula is C16H25NO3S. The SMILES string of the molecule is CCC(C)c1ccc(S(=O)(=O)NC(C)C2CCCO2)cc1. The Morgan fingerprint density at radius 3 is 2.48 bits per heavy atom. The number of hydrogen-bond acceptors (Lipinski definition) is 3. The Balaban J connectivity index is 2.08. The van der Waals surface area contributed by atoms with Crippen molar-refractivity contribution in [3.63, 3.8) is 0 Å². The molecule has 1 aromatic rings. The molecule has 118 valence electrons. The molecule has 4 nitrogen and oxygen atoms in total. The van der Waals surface area contributed by atoms with Crippen LogP contribution in [0.25, 0.3) is 0 Å². The van der Waals surface area contributed by atoms with Crippen LogP contribution in [0.1, 0.15) is 51.5 Å². The Kier molecular flexibility index (Phi) is 5.41. The summed E-state index contributed by atoms with van der Waals surface area (Å²) in [4.78, 5) is 0.319. The van der Waals surface area contributed by atoms with Crippen molar-refractivity contribution in [3.8, 4) is 0 Å². The van der Waals surface area contributed by atoms with Crippen molar-refractivity contribution in [1.29, 1.82) is 0 Å². The molecule has 21 heavy (non-hydrogen) atoms. The summed E-state index contributed by atoms with van der Waals surface area (Å²) in [5.41, 5.74) is 1.17. The normalized spacial score (nSPS) is 22.1. The summed E-state index contributed by atoms with van der Waals surface area (Å²) in [5.74, 6) is 0.445. The number of ether oxygens (including phenoxy) is 1. The first-order chi connectivity index (χ1) is 9.94. The molecule has 5 heteroatoms. The minimum absolute atomic E-state index is 0.0147. The van der Waals surface area contributed by atoms with Gasteiger partial charge in [-0.15, -0.1) is 0 Å². The van der Waals surface area contributed by atoms with Crippen LogP contribution in [0.15, 0.2) is 29.2 Å². The molecular weight excluding hydrogens is 286 g/mol. The molecule has 0 bridgehead atoms. The Labute approximate surface area is 127 Å². The summed E-state index contributed by atoms with van der Waals surface area (Å²) >= 11 is 0. The van der Waals surface area contributed by atoms with Crippen LogP contribution in [0, 0.1) is 0 Å². The first-order valence-corrected chi connectivity index (χ1v) is 9.16. The molecule has 0 saturated carbocycles. The van der Waals surface area contributed by atoms with Gasteiger partial charge in [0.1, 0.15) is 0 Å². The topological polar surface area (TPSA) is 55.4 Å². The first kappa shape index (κ1) is 16.5. The molecule has 0 amide bonds. The van der Waals surface area contributed by atoms with Gasteiger partial charge < -0.3 is 4.74 Å². The molecule has 0 aromatic heterocycles. The molecule has 1 heterocycles. The monoisotopic (exact) mass is 311 g/mol. The van der Waals surface area contributed by atoms with Crippen molar-refractivity contribution in [2.45, 2.75) is 63.0 Å². The van der Waals surface area contributed by atoms with Crippen molar-refractivity contribution < 1.29 is 13.2 Å². The van der Waals surface area contributed by atoms with Gasteiger partial charge in [0.15, 0.2) is 0 Å². The molecule has 0 spiro atoms. The van der Waals surface area contributed by atoms with Crippen LogP contribution < -0.4 is 4.72 Å². The lowest BCUT2D eigenvalue weighted by Crippen LogP contribution is -2.40. The zero-order chi connectivity index (χ0) is 15.5. The fraction of sp³-hybridized carbons (Fsp3) is 0.625. The Hall–Kier alpha value is -0.910. The fourth-order valence-corrected chi connectivity index (χ4v) is 3.87. The van der Waals surface area contributed by atoms with Gasteiger partial charge in [-0.05, 0) is 49.8 Å². The molecule has 0 radical (unpaired) electrons. The van der Waals surface area contributed by atoms with E-state index in [0.717, 1.165) is 25.9 Å². The predicted molar refractivity (Wildman–Crippen MR) is 83.9 cm³/mol. The average Bonchev–Trinajstić information content (AvgIpc) is 3.00. The third-order valence-electron chi connectivity index (χ3n) is 4.24. The highest BCUT2D eigenvalue weighted by molar-refractivity contribution is 7.89. The van der Waals surface area contributed by atoms with Gasteiger partial charge in [-0.2, -0.15) is 0 Å². The summed E-state index contributed by atoms with van der Waals surface area (Å²) < 4.78 is 33.0. The largest absolute Gasteiger partial charge is 0.377 e. The lowest BCUT2D eigenvalue weighted by atomic mass is 9.99. The van der Waals surface area contributed by atoms with Crippen LogP contribution in [0.4, 0.5) is 0 Å². The van der Waals surface area contributed by atoms with Crippen LogP contribution >= 0.6 is 0 Å². The van der Waals surface area contributed by atoms with Crippen molar-refractivity contribution >= 4 is 10.0 Å². The zero-order valence-electron chi connectivity index (χ0n) is 13.0. The van der Waals surface area contributed by atoms with E-state index >= 15 is 0 Å². The van der Waals surface area contributed by atoms with E-state index < -0.39 is 10.0 Å². The molecule has 1 aliphatic rings. The van der Waals surface area contributed by atoms with E-state index in [4.69, 9.17) is 4.74 Å². The maximum atomic E-state index is 12.4. The zero-order valence-corrected chi connectivity index (χ0v) is 13.8. The molecule has 1 fully saturated rings. The van der Waals surface area contributed by atoms with E-state index in [1.807, 2.05) is 19.1 Å². The van der Waals surface area contributed by atoms with Crippen LogP contribution in [-0.2, 0) is 14.8 Å². The van der Waals surface area contributed by atoms with Crippen molar-refractivity contribution in [2.24, 2.45) is 0 Å². The summed E-state index contributed by atoms with van der Waals surface area (Å²) in [6.45, 7) is 6.85. The van der Waals surface area contributed by atoms with Gasteiger partial charge in [-0.1, -0.05) is 26.0 Å². The second-order valence-corrected chi connectivity index (χ2v) is 7.55. The molecule has 2 rings (SSSR count). The molecule has 1 aliphatic heterocycles. The lowest BCUT2D eigenvalue weighted by Gasteiger charge is -2.20. The standard InChI is InChI=1S/C16H25NO3S/c1-4-12(2)14-7-9-15(10-8-14)21(18,19)17-13(3)16-6-5-11-20-16/h7-10,12-13,16-17H,4-6,11H2,1-3H3. The third-order valence-corrected chi connectivity index (χ3v) is 5.81. The van der Waals surface area contributed by atoms with Crippen molar-refractivity contribution in [2.75, 3.05) is 6.61 Å². The van der Waals surface area contributed by atoms with Crippen LogP contribution in [0.2, 0.25) is 0 Å². The predicted octanol–water partition coefficient (Wildman–Crippen LogP) is 3.05. The highest BCUT2D eigenvalue weighted by Crippen LogP contribution is 2.21. The van der Waals surface area contributed by atoms with Crippen molar-refractivity contribution in [1.82, 2.24) is 4.72 Å². The Morgan fingerprint density at radius 2 is 1.95 bits per heavy atom. The van der Waals surface area contributed by atoms with E-state index in [-0.39, 0.29) is 12.1 Å². The molecule has 1 N–H and O–H groups in total. The number of benzene rings is 1. The maximum Gasteiger partial charge on any atom is 0.240 e. The number of rotatable bonds is 6. The van der Waals surface area contributed by atoms with E-state index in [0.29, 0.717) is 10.8 Å². The van der Waals surface area contributed by atoms with Gasteiger partial charge in [-0.3, -0.25) is 0 Å². The van der Waals surface area contributed by atoms with Crippen molar-refractivity contribution in [3.05, 3.63) is 29.8 Å². The van der Waals surface area contributed by atoms with Crippen LogP contribution in [0.5, 0.6) is 0 Å². The minimum atomic E-state index is -3.48. The van der Waals surface area contributed by atoms with Gasteiger partial charge in [0.05, 0.1) is 11.0 Å². The quantitative estimate of drug-likeness (QED) is 0.878. The average molecular weight is 311 g/mol. The van der Waals surface area contributed by atoms with Gasteiger partial charge >= 0.3 is 0 Å². The van der Waals surface area contributed by atoms with E-state index in [2.05, 4.69) is 18.6 Å². The third kappa shape index (κ3) is 4.05. The van der Waals surface area contributed by atoms with Gasteiger partial charge in [-0.25, -0.2) is 13.1 Å². The van der Waals surface area contributed by atoms with Crippen LogP contribution in [-0.4, -0.2) is 27.2 Å². The van der Waals surface area contributed by atoms with Gasteiger partial charge in [0.2, 0.25) is 10.0 Å². The number of nitrogens with one attached hydrogen (secondary N) is 1.